The van der Waals surface area contributed by atoms with Gasteiger partial charge in [0.25, 0.3) is 5.91 Å². The number of halogens is 1. The highest BCUT2D eigenvalue weighted by Gasteiger charge is 2.17. The third-order valence-corrected chi connectivity index (χ3v) is 5.59. The summed E-state index contributed by atoms with van der Waals surface area (Å²) in [5, 5.41) is 3.27. The minimum atomic E-state index is -0.455. The third-order valence-electron chi connectivity index (χ3n) is 2.74. The second kappa shape index (κ2) is 6.48. The average molecular weight is 285 g/mol. The van der Waals surface area contributed by atoms with E-state index in [9.17, 15) is 9.18 Å². The van der Waals surface area contributed by atoms with Crippen molar-refractivity contribution in [3.8, 4) is 0 Å². The SMILES string of the molecule is Cc1ccc(F)c(C(=O)NCC2CSCCS2)c1. The molecule has 1 fully saturated rings. The molecule has 0 bridgehead atoms. The molecule has 2 nitrogen and oxygen atoms in total. The standard InChI is InChI=1S/C13H16FNOS2/c1-9-2-3-12(14)11(6-9)13(16)15-7-10-8-17-4-5-18-10/h2-3,6,10H,4-5,7-8H2,1H3,(H,15,16). The van der Waals surface area contributed by atoms with Crippen LogP contribution in [0, 0.1) is 12.7 Å². The van der Waals surface area contributed by atoms with Gasteiger partial charge in [0.15, 0.2) is 0 Å². The first kappa shape index (κ1) is 13.7. The van der Waals surface area contributed by atoms with Gasteiger partial charge in [0, 0.05) is 29.1 Å². The van der Waals surface area contributed by atoms with Gasteiger partial charge < -0.3 is 5.32 Å². The second-order valence-corrected chi connectivity index (χ2v) is 6.82. The van der Waals surface area contributed by atoms with Crippen molar-refractivity contribution in [1.29, 1.82) is 0 Å². The second-order valence-electron chi connectivity index (χ2n) is 4.26. The normalized spacial score (nSPS) is 19.6. The smallest absolute Gasteiger partial charge is 0.254 e. The van der Waals surface area contributed by atoms with Crippen LogP contribution in [0.2, 0.25) is 0 Å². The van der Waals surface area contributed by atoms with Crippen LogP contribution in [-0.2, 0) is 0 Å². The number of hydrogen-bond acceptors (Lipinski definition) is 3. The lowest BCUT2D eigenvalue weighted by Crippen LogP contribution is -2.33. The van der Waals surface area contributed by atoms with E-state index in [1.807, 2.05) is 30.4 Å². The Morgan fingerprint density at radius 1 is 1.50 bits per heavy atom. The molecule has 1 N–H and O–H groups in total. The Balaban J connectivity index is 1.92. The summed E-state index contributed by atoms with van der Waals surface area (Å²) >= 11 is 3.79. The van der Waals surface area contributed by atoms with Crippen molar-refractivity contribution in [3.05, 3.63) is 35.1 Å². The maximum Gasteiger partial charge on any atom is 0.254 e. The molecule has 0 aromatic heterocycles. The molecule has 1 aromatic carbocycles. The number of aryl methyl sites for hydroxylation is 1. The molecule has 2 rings (SSSR count). The van der Waals surface area contributed by atoms with Gasteiger partial charge in [-0.05, 0) is 19.1 Å². The minimum absolute atomic E-state index is 0.142. The maximum absolute atomic E-state index is 13.5. The van der Waals surface area contributed by atoms with Crippen LogP contribution in [0.25, 0.3) is 0 Å². The van der Waals surface area contributed by atoms with Crippen molar-refractivity contribution in [2.24, 2.45) is 0 Å². The molecular weight excluding hydrogens is 269 g/mol. The van der Waals surface area contributed by atoms with Gasteiger partial charge in [-0.25, -0.2) is 4.39 Å². The molecule has 1 aliphatic rings. The van der Waals surface area contributed by atoms with Gasteiger partial charge in [-0.1, -0.05) is 11.6 Å². The van der Waals surface area contributed by atoms with Gasteiger partial charge >= 0.3 is 0 Å². The Morgan fingerprint density at radius 3 is 3.06 bits per heavy atom. The van der Waals surface area contributed by atoms with Crippen LogP contribution >= 0.6 is 23.5 Å². The molecule has 18 heavy (non-hydrogen) atoms. The number of rotatable bonds is 3. The Morgan fingerprint density at radius 2 is 2.33 bits per heavy atom. The molecule has 1 amide bonds. The minimum Gasteiger partial charge on any atom is -0.351 e. The molecule has 98 valence electrons. The number of thioether (sulfide) groups is 2. The molecule has 0 aliphatic carbocycles. The highest BCUT2D eigenvalue weighted by atomic mass is 32.2. The first-order chi connectivity index (χ1) is 8.66. The molecule has 0 radical (unpaired) electrons. The van der Waals surface area contributed by atoms with Crippen LogP contribution in [-0.4, -0.2) is 35.0 Å². The Bertz CT molecular complexity index is 433. The van der Waals surface area contributed by atoms with E-state index in [-0.39, 0.29) is 11.5 Å². The van der Waals surface area contributed by atoms with Gasteiger partial charge in [-0.15, -0.1) is 0 Å². The van der Waals surface area contributed by atoms with Crippen molar-refractivity contribution in [1.82, 2.24) is 5.32 Å². The summed E-state index contributed by atoms with van der Waals surface area (Å²) in [4.78, 5) is 11.9. The zero-order valence-electron chi connectivity index (χ0n) is 10.2. The Kier molecular flexibility index (Phi) is 4.95. The zero-order valence-corrected chi connectivity index (χ0v) is 11.9. The number of carbonyl (C=O) groups is 1. The van der Waals surface area contributed by atoms with Crippen molar-refractivity contribution >= 4 is 29.4 Å². The van der Waals surface area contributed by atoms with E-state index >= 15 is 0 Å². The Labute approximate surface area is 115 Å². The van der Waals surface area contributed by atoms with Gasteiger partial charge in [0.1, 0.15) is 5.82 Å². The highest BCUT2D eigenvalue weighted by Crippen LogP contribution is 2.23. The summed E-state index contributed by atoms with van der Waals surface area (Å²) in [5.41, 5.74) is 1.03. The van der Waals surface area contributed by atoms with Gasteiger partial charge in [-0.2, -0.15) is 23.5 Å². The van der Waals surface area contributed by atoms with E-state index in [0.717, 1.165) is 17.1 Å². The summed E-state index contributed by atoms with van der Waals surface area (Å²) in [6.07, 6.45) is 0. The fourth-order valence-corrected chi connectivity index (χ4v) is 4.38. The molecule has 1 aliphatic heterocycles. The molecule has 1 aromatic rings. The van der Waals surface area contributed by atoms with Crippen LogP contribution in [0.5, 0.6) is 0 Å². The van der Waals surface area contributed by atoms with E-state index in [1.54, 1.807) is 12.1 Å². The summed E-state index contributed by atoms with van der Waals surface area (Å²) in [6.45, 7) is 2.47. The number of amides is 1. The molecule has 0 spiro atoms. The van der Waals surface area contributed by atoms with Gasteiger partial charge in [0.05, 0.1) is 5.56 Å². The number of carbonyl (C=O) groups excluding carboxylic acids is 1. The van der Waals surface area contributed by atoms with E-state index in [2.05, 4.69) is 5.32 Å². The topological polar surface area (TPSA) is 29.1 Å². The summed E-state index contributed by atoms with van der Waals surface area (Å²) in [5.74, 6) is 2.60. The highest BCUT2D eigenvalue weighted by molar-refractivity contribution is 8.06. The summed E-state index contributed by atoms with van der Waals surface area (Å²) < 4.78 is 13.5. The fourth-order valence-electron chi connectivity index (χ4n) is 1.77. The maximum atomic E-state index is 13.5. The molecule has 1 unspecified atom stereocenters. The average Bonchev–Trinajstić information content (AvgIpc) is 2.40. The number of hydrogen-bond donors (Lipinski definition) is 1. The van der Waals surface area contributed by atoms with E-state index < -0.39 is 5.82 Å². The molecule has 5 heteroatoms. The van der Waals surface area contributed by atoms with Crippen LogP contribution in [0.4, 0.5) is 4.39 Å². The first-order valence-electron chi connectivity index (χ1n) is 5.90. The molecule has 0 saturated carbocycles. The predicted molar refractivity (Wildman–Crippen MR) is 77.0 cm³/mol. The molecule has 1 atom stereocenters. The van der Waals surface area contributed by atoms with E-state index in [0.29, 0.717) is 11.8 Å². The molecule has 1 heterocycles. The predicted octanol–water partition coefficient (Wildman–Crippen LogP) is 2.71. The summed E-state index contributed by atoms with van der Waals surface area (Å²) in [6, 6.07) is 4.60. The van der Waals surface area contributed by atoms with Crippen molar-refractivity contribution < 1.29 is 9.18 Å². The first-order valence-corrected chi connectivity index (χ1v) is 8.11. The number of nitrogens with one attached hydrogen (secondary N) is 1. The van der Waals surface area contributed by atoms with Crippen LogP contribution < -0.4 is 5.32 Å². The van der Waals surface area contributed by atoms with E-state index in [1.165, 1.54) is 11.8 Å². The largest absolute Gasteiger partial charge is 0.351 e. The zero-order chi connectivity index (χ0) is 13.0. The van der Waals surface area contributed by atoms with Crippen molar-refractivity contribution in [3.63, 3.8) is 0 Å². The van der Waals surface area contributed by atoms with Crippen LogP contribution in [0.1, 0.15) is 15.9 Å². The van der Waals surface area contributed by atoms with Crippen LogP contribution in [0.3, 0.4) is 0 Å². The summed E-state index contributed by atoms with van der Waals surface area (Å²) in [7, 11) is 0. The van der Waals surface area contributed by atoms with E-state index in [4.69, 9.17) is 0 Å². The van der Waals surface area contributed by atoms with Crippen molar-refractivity contribution in [2.75, 3.05) is 23.8 Å². The monoisotopic (exact) mass is 285 g/mol. The van der Waals surface area contributed by atoms with Crippen molar-refractivity contribution in [2.45, 2.75) is 12.2 Å². The van der Waals surface area contributed by atoms with Gasteiger partial charge in [-0.3, -0.25) is 4.79 Å². The fraction of sp³-hybridized carbons (Fsp3) is 0.462. The molecule has 1 saturated heterocycles. The Hall–Kier alpha value is -0.680. The lowest BCUT2D eigenvalue weighted by atomic mass is 10.1. The quantitative estimate of drug-likeness (QED) is 0.926. The lowest BCUT2D eigenvalue weighted by molar-refractivity contribution is 0.0950. The van der Waals surface area contributed by atoms with Crippen LogP contribution in [0.15, 0.2) is 18.2 Å². The third kappa shape index (κ3) is 3.65. The number of benzene rings is 1. The molecular formula is C13H16FNOS2. The van der Waals surface area contributed by atoms with Gasteiger partial charge in [0.2, 0.25) is 0 Å². The lowest BCUT2D eigenvalue weighted by Gasteiger charge is -2.21.